The van der Waals surface area contributed by atoms with Gasteiger partial charge in [-0.15, -0.1) is 0 Å². The molecule has 0 bridgehead atoms. The first-order valence-electron chi connectivity index (χ1n) is 9.25. The molecule has 8 nitrogen and oxygen atoms in total. The summed E-state index contributed by atoms with van der Waals surface area (Å²) in [5.41, 5.74) is 1.32. The summed E-state index contributed by atoms with van der Waals surface area (Å²) < 4.78 is 14.7. The molecule has 2 aromatic heterocycles. The van der Waals surface area contributed by atoms with Crippen molar-refractivity contribution in [3.63, 3.8) is 0 Å². The Hall–Kier alpha value is -3.07. The lowest BCUT2D eigenvalue weighted by molar-refractivity contribution is -0.117. The third-order valence-corrected chi connectivity index (χ3v) is 4.51. The van der Waals surface area contributed by atoms with Gasteiger partial charge in [-0.25, -0.2) is 14.4 Å². The summed E-state index contributed by atoms with van der Waals surface area (Å²) in [6.07, 6.45) is 1.55. The van der Waals surface area contributed by atoms with Crippen molar-refractivity contribution in [1.82, 2.24) is 25.1 Å². The number of aryl methyl sites for hydroxylation is 1. The summed E-state index contributed by atoms with van der Waals surface area (Å²) in [6, 6.07) is 4.21. The first-order chi connectivity index (χ1) is 14.0. The predicted octanol–water partition coefficient (Wildman–Crippen LogP) is 3.46. The largest absolute Gasteiger partial charge is 0.347 e. The van der Waals surface area contributed by atoms with Gasteiger partial charge in [0.15, 0.2) is 11.5 Å². The number of anilines is 1. The highest BCUT2D eigenvalue weighted by molar-refractivity contribution is 6.30. The zero-order chi connectivity index (χ0) is 22.1. The van der Waals surface area contributed by atoms with Gasteiger partial charge in [-0.05, 0) is 23.1 Å². The van der Waals surface area contributed by atoms with Gasteiger partial charge in [-0.1, -0.05) is 38.4 Å². The molecule has 2 N–H and O–H groups in total. The summed E-state index contributed by atoms with van der Waals surface area (Å²) in [4.78, 5) is 33.3. The molecule has 1 aromatic carbocycles. The summed E-state index contributed by atoms with van der Waals surface area (Å²) in [7, 11) is 1.64. The molecule has 0 unspecified atom stereocenters. The van der Waals surface area contributed by atoms with Gasteiger partial charge in [0.05, 0.1) is 5.02 Å². The average molecular weight is 433 g/mol. The molecule has 2 heterocycles. The second-order valence-corrected chi connectivity index (χ2v) is 8.52. The van der Waals surface area contributed by atoms with Crippen LogP contribution in [0.4, 0.5) is 10.2 Å². The molecule has 0 spiro atoms. The number of nitrogens with one attached hydrogen (secondary N) is 2. The molecule has 3 rings (SSSR count). The fraction of sp³-hybridized carbons (Fsp3) is 0.350. The number of halogens is 2. The molecule has 30 heavy (non-hydrogen) atoms. The number of carbonyl (C=O) groups is 2. The van der Waals surface area contributed by atoms with Crippen LogP contribution in [0.1, 0.15) is 43.2 Å². The lowest BCUT2D eigenvalue weighted by atomic mass is 9.92. The van der Waals surface area contributed by atoms with Crippen molar-refractivity contribution in [3.8, 4) is 0 Å². The maximum absolute atomic E-state index is 13.3. The first-order valence-corrected chi connectivity index (χ1v) is 9.62. The molecule has 0 atom stereocenters. The molecule has 0 aliphatic carbocycles. The van der Waals surface area contributed by atoms with E-state index < -0.39 is 11.7 Å². The monoisotopic (exact) mass is 432 g/mol. The average Bonchev–Trinajstić information content (AvgIpc) is 2.96. The third kappa shape index (κ3) is 4.91. The van der Waals surface area contributed by atoms with Crippen molar-refractivity contribution >= 4 is 40.3 Å². The van der Waals surface area contributed by atoms with Crippen LogP contribution in [0.5, 0.6) is 0 Å². The van der Waals surface area contributed by atoms with Crippen LogP contribution in [0.15, 0.2) is 24.5 Å². The topological polar surface area (TPSA) is 102 Å². The number of carbonyl (C=O) groups excluding carboxylic acids is 2. The fourth-order valence-corrected chi connectivity index (χ4v) is 3.13. The van der Waals surface area contributed by atoms with Crippen molar-refractivity contribution in [1.29, 1.82) is 0 Å². The van der Waals surface area contributed by atoms with Crippen LogP contribution in [0.3, 0.4) is 0 Å². The Morgan fingerprint density at radius 2 is 1.97 bits per heavy atom. The van der Waals surface area contributed by atoms with Crippen molar-refractivity contribution in [2.24, 2.45) is 12.5 Å². The number of nitrogens with zero attached hydrogens (tertiary/aromatic N) is 4. The molecular weight excluding hydrogens is 411 g/mol. The molecule has 3 aromatic rings. The Morgan fingerprint density at radius 1 is 1.23 bits per heavy atom. The van der Waals surface area contributed by atoms with Gasteiger partial charge in [-0.3, -0.25) is 14.3 Å². The quantitative estimate of drug-likeness (QED) is 0.642. The smallest absolute Gasteiger partial charge is 0.272 e. The van der Waals surface area contributed by atoms with Crippen LogP contribution in [-0.2, 0) is 18.4 Å². The van der Waals surface area contributed by atoms with Crippen LogP contribution in [0.2, 0.25) is 5.02 Å². The van der Waals surface area contributed by atoms with E-state index in [0.717, 1.165) is 0 Å². The van der Waals surface area contributed by atoms with E-state index in [0.29, 0.717) is 23.0 Å². The van der Waals surface area contributed by atoms with Gasteiger partial charge >= 0.3 is 0 Å². The van der Waals surface area contributed by atoms with E-state index in [9.17, 15) is 14.0 Å². The summed E-state index contributed by atoms with van der Waals surface area (Å²) in [6.45, 7) is 6.02. The fourth-order valence-electron chi connectivity index (χ4n) is 2.93. The summed E-state index contributed by atoms with van der Waals surface area (Å²) in [5.74, 6) is -0.914. The van der Waals surface area contributed by atoms with Crippen LogP contribution in [0.25, 0.3) is 11.0 Å². The minimum Gasteiger partial charge on any atom is -0.347 e. The predicted molar refractivity (Wildman–Crippen MR) is 112 cm³/mol. The maximum atomic E-state index is 13.3. The van der Waals surface area contributed by atoms with E-state index in [1.165, 1.54) is 29.2 Å². The number of benzene rings is 1. The number of amides is 2. The molecule has 0 saturated heterocycles. The summed E-state index contributed by atoms with van der Waals surface area (Å²) >= 11 is 5.77. The minimum absolute atomic E-state index is 0.0200. The Labute approximate surface area is 177 Å². The SMILES string of the molecule is Cn1nc(NC(=O)CC(C)(C)C)c2ncnc(C(=O)NCc3ccc(F)c(Cl)c3)c21. The zero-order valence-corrected chi connectivity index (χ0v) is 17.8. The lowest BCUT2D eigenvalue weighted by Crippen LogP contribution is -2.24. The second-order valence-electron chi connectivity index (χ2n) is 8.11. The van der Waals surface area contributed by atoms with Crippen LogP contribution in [0, 0.1) is 11.2 Å². The Kier molecular flexibility index (Phi) is 6.02. The normalized spacial score (nSPS) is 11.5. The van der Waals surface area contributed by atoms with E-state index in [-0.39, 0.29) is 34.4 Å². The first kappa shape index (κ1) is 21.6. The number of hydrogen-bond donors (Lipinski definition) is 2. The van der Waals surface area contributed by atoms with Crippen LogP contribution >= 0.6 is 11.6 Å². The van der Waals surface area contributed by atoms with Crippen LogP contribution < -0.4 is 10.6 Å². The van der Waals surface area contributed by atoms with Crippen molar-refractivity contribution in [2.75, 3.05) is 5.32 Å². The molecule has 0 fully saturated rings. The number of rotatable bonds is 5. The van der Waals surface area contributed by atoms with Crippen LogP contribution in [-0.4, -0.2) is 31.6 Å². The Morgan fingerprint density at radius 3 is 2.63 bits per heavy atom. The van der Waals surface area contributed by atoms with E-state index in [1.807, 2.05) is 20.8 Å². The molecule has 0 aliphatic rings. The second kappa shape index (κ2) is 8.35. The number of hydrogen-bond acceptors (Lipinski definition) is 5. The molecule has 0 aliphatic heterocycles. The third-order valence-electron chi connectivity index (χ3n) is 4.22. The van der Waals surface area contributed by atoms with Gasteiger partial charge in [0.25, 0.3) is 5.91 Å². The Balaban J connectivity index is 1.82. The van der Waals surface area contributed by atoms with E-state index in [1.54, 1.807) is 7.05 Å². The minimum atomic E-state index is -0.528. The molecular formula is C20H22ClFN6O2. The van der Waals surface area contributed by atoms with Gasteiger partial charge in [0.2, 0.25) is 5.91 Å². The van der Waals surface area contributed by atoms with Gasteiger partial charge in [0.1, 0.15) is 23.2 Å². The molecule has 10 heteroatoms. The maximum Gasteiger partial charge on any atom is 0.272 e. The van der Waals surface area contributed by atoms with Gasteiger partial charge in [-0.2, -0.15) is 5.10 Å². The van der Waals surface area contributed by atoms with E-state index in [2.05, 4.69) is 25.7 Å². The summed E-state index contributed by atoms with van der Waals surface area (Å²) in [5, 5.41) is 9.74. The highest BCUT2D eigenvalue weighted by Crippen LogP contribution is 2.24. The molecule has 0 saturated carbocycles. The molecule has 158 valence electrons. The molecule has 0 radical (unpaired) electrons. The van der Waals surface area contributed by atoms with Crippen molar-refractivity contribution < 1.29 is 14.0 Å². The Bertz CT molecular complexity index is 1120. The highest BCUT2D eigenvalue weighted by Gasteiger charge is 2.22. The highest BCUT2D eigenvalue weighted by atomic mass is 35.5. The lowest BCUT2D eigenvalue weighted by Gasteiger charge is -2.16. The molecule has 2 amide bonds. The van der Waals surface area contributed by atoms with Gasteiger partial charge < -0.3 is 10.6 Å². The van der Waals surface area contributed by atoms with Crippen molar-refractivity contribution in [2.45, 2.75) is 33.7 Å². The zero-order valence-electron chi connectivity index (χ0n) is 17.1. The van der Waals surface area contributed by atoms with Gasteiger partial charge in [0, 0.05) is 20.0 Å². The number of aromatic nitrogens is 4. The number of fused-ring (bicyclic) bond motifs is 1. The van der Waals surface area contributed by atoms with E-state index in [4.69, 9.17) is 11.6 Å². The van der Waals surface area contributed by atoms with E-state index >= 15 is 0 Å². The standard InChI is InChI=1S/C20H22ClFN6O2/c1-20(2,3)8-14(29)26-18-15-17(28(4)27-18)16(25-10-24-15)19(30)23-9-11-5-6-13(22)12(21)7-11/h5-7,10H,8-9H2,1-4H3,(H,23,30)(H,26,27,29). The van der Waals surface area contributed by atoms with Crippen molar-refractivity contribution in [3.05, 3.63) is 46.6 Å².